The van der Waals surface area contributed by atoms with Crippen LogP contribution in [-0.4, -0.2) is 18.0 Å². The van der Waals surface area contributed by atoms with Crippen LogP contribution in [0.2, 0.25) is 0 Å². The summed E-state index contributed by atoms with van der Waals surface area (Å²) in [6, 6.07) is 0. The smallest absolute Gasteiger partial charge is 0.302 e. The predicted molar refractivity (Wildman–Crippen MR) is 34.4 cm³/mol. The summed E-state index contributed by atoms with van der Waals surface area (Å²) in [6.45, 7) is 1.23. The molecule has 1 aliphatic rings. The number of hydrogen-bond donors (Lipinski definition) is 0. The minimum Gasteiger partial charge on any atom is -0.462 e. The van der Waals surface area contributed by atoms with Crippen LogP contribution >= 0.6 is 0 Å². The Morgan fingerprint density at radius 1 is 1.64 bits per heavy atom. The zero-order valence-electron chi connectivity index (χ0n) is 6.27. The summed E-state index contributed by atoms with van der Waals surface area (Å²) >= 11 is 0. The van der Waals surface area contributed by atoms with Crippen molar-refractivity contribution in [3.63, 3.8) is 0 Å². The molecule has 1 aliphatic carbocycles. The van der Waals surface area contributed by atoms with Gasteiger partial charge in [-0.3, -0.25) is 4.79 Å². The molecule has 0 spiro atoms. The summed E-state index contributed by atoms with van der Waals surface area (Å²) in [6.07, 6.45) is -0.758. The summed E-state index contributed by atoms with van der Waals surface area (Å²) in [5.41, 5.74) is 0. The molecule has 0 heterocycles. The first kappa shape index (κ1) is 8.43. The molecule has 0 saturated heterocycles. The second kappa shape index (κ2) is 2.75. The van der Waals surface area contributed by atoms with Crippen LogP contribution in [0.25, 0.3) is 0 Å². The first-order valence-corrected chi connectivity index (χ1v) is 3.55. The maximum absolute atomic E-state index is 12.5. The Hall–Kier alpha value is -0.670. The molecule has 1 atom stereocenters. The molecule has 0 aromatic carbocycles. The fourth-order valence-corrected chi connectivity index (χ4v) is 1.24. The van der Waals surface area contributed by atoms with Gasteiger partial charge in [-0.15, -0.1) is 0 Å². The van der Waals surface area contributed by atoms with Crippen molar-refractivity contribution in [2.75, 3.05) is 0 Å². The molecule has 1 rings (SSSR count). The Kier molecular flexibility index (Phi) is 2.11. The van der Waals surface area contributed by atoms with Crippen molar-refractivity contribution in [3.8, 4) is 0 Å². The summed E-state index contributed by atoms with van der Waals surface area (Å²) in [5, 5.41) is 0. The summed E-state index contributed by atoms with van der Waals surface area (Å²) < 4.78 is 29.5. The molecule has 0 aliphatic heterocycles. The molecule has 1 saturated carbocycles. The van der Waals surface area contributed by atoms with E-state index in [0.29, 0.717) is 0 Å². The average molecular weight is 164 g/mol. The van der Waals surface area contributed by atoms with Gasteiger partial charge in [0.15, 0.2) is 0 Å². The van der Waals surface area contributed by atoms with Crippen molar-refractivity contribution in [2.24, 2.45) is 0 Å². The summed E-state index contributed by atoms with van der Waals surface area (Å²) in [5.74, 6) is -3.10. The van der Waals surface area contributed by atoms with Crippen molar-refractivity contribution < 1.29 is 18.3 Å². The van der Waals surface area contributed by atoms with E-state index in [2.05, 4.69) is 4.74 Å². The Labute approximate surface area is 63.5 Å². The quantitative estimate of drug-likeness (QED) is 0.552. The second-order valence-electron chi connectivity index (χ2n) is 2.83. The van der Waals surface area contributed by atoms with Gasteiger partial charge in [0.2, 0.25) is 0 Å². The second-order valence-corrected chi connectivity index (χ2v) is 2.83. The van der Waals surface area contributed by atoms with Crippen LogP contribution in [0.4, 0.5) is 8.78 Å². The van der Waals surface area contributed by atoms with E-state index in [4.69, 9.17) is 0 Å². The van der Waals surface area contributed by atoms with Crippen molar-refractivity contribution in [3.05, 3.63) is 0 Å². The van der Waals surface area contributed by atoms with Crippen LogP contribution in [0, 0.1) is 0 Å². The first-order valence-electron chi connectivity index (χ1n) is 3.55. The summed E-state index contributed by atoms with van der Waals surface area (Å²) in [7, 11) is 0. The molecule has 4 heteroatoms. The zero-order chi connectivity index (χ0) is 8.48. The molecule has 1 unspecified atom stereocenters. The topological polar surface area (TPSA) is 26.3 Å². The van der Waals surface area contributed by atoms with Crippen molar-refractivity contribution >= 4 is 5.97 Å². The largest absolute Gasteiger partial charge is 0.462 e. The van der Waals surface area contributed by atoms with Crippen molar-refractivity contribution in [1.82, 2.24) is 0 Å². The number of esters is 1. The van der Waals surface area contributed by atoms with Crippen LogP contribution in [0.5, 0.6) is 0 Å². The van der Waals surface area contributed by atoms with E-state index in [-0.39, 0.29) is 19.3 Å². The highest BCUT2D eigenvalue weighted by Gasteiger charge is 2.40. The number of halogens is 2. The fraction of sp³-hybridized carbons (Fsp3) is 0.857. The molecular weight excluding hydrogens is 154 g/mol. The predicted octanol–water partition coefficient (Wildman–Crippen LogP) is 1.74. The minimum absolute atomic E-state index is 0.162. The molecule has 0 radical (unpaired) electrons. The van der Waals surface area contributed by atoms with Crippen LogP contribution in [0.1, 0.15) is 26.2 Å². The van der Waals surface area contributed by atoms with Gasteiger partial charge in [0.25, 0.3) is 5.92 Å². The minimum atomic E-state index is -2.62. The molecule has 0 amide bonds. The van der Waals surface area contributed by atoms with Gasteiger partial charge in [0.1, 0.15) is 6.10 Å². The van der Waals surface area contributed by atoms with Gasteiger partial charge < -0.3 is 4.74 Å². The van der Waals surface area contributed by atoms with Crippen molar-refractivity contribution in [1.29, 1.82) is 0 Å². The normalized spacial score (nSPS) is 28.5. The van der Waals surface area contributed by atoms with Gasteiger partial charge >= 0.3 is 5.97 Å². The monoisotopic (exact) mass is 164 g/mol. The van der Waals surface area contributed by atoms with E-state index < -0.39 is 18.0 Å². The maximum Gasteiger partial charge on any atom is 0.302 e. The van der Waals surface area contributed by atoms with Gasteiger partial charge in [-0.1, -0.05) is 0 Å². The van der Waals surface area contributed by atoms with Gasteiger partial charge in [-0.25, -0.2) is 8.78 Å². The maximum atomic E-state index is 12.5. The average Bonchev–Trinajstić information content (AvgIpc) is 2.08. The number of hydrogen-bond acceptors (Lipinski definition) is 2. The van der Waals surface area contributed by atoms with Gasteiger partial charge in [0.05, 0.1) is 0 Å². The van der Waals surface area contributed by atoms with E-state index in [1.807, 2.05) is 0 Å². The van der Waals surface area contributed by atoms with E-state index in [1.165, 1.54) is 6.92 Å². The standard InChI is InChI=1S/C7H10F2O2/c1-5(10)11-6-2-3-7(8,9)4-6/h6H,2-4H2,1H3. The first-order chi connectivity index (χ1) is 4.99. The number of alkyl halides is 2. The SMILES string of the molecule is CC(=O)OC1CCC(F)(F)C1. The number of carbonyl (C=O) groups excluding carboxylic acids is 1. The Balaban J connectivity index is 2.36. The Bertz CT molecular complexity index is 168. The van der Waals surface area contributed by atoms with E-state index >= 15 is 0 Å². The number of ether oxygens (including phenoxy) is 1. The van der Waals surface area contributed by atoms with Crippen LogP contribution in [-0.2, 0) is 9.53 Å². The lowest BCUT2D eigenvalue weighted by atomic mass is 10.3. The molecule has 64 valence electrons. The lowest BCUT2D eigenvalue weighted by Gasteiger charge is -2.09. The lowest BCUT2D eigenvalue weighted by molar-refractivity contribution is -0.146. The molecule has 1 fully saturated rings. The molecule has 2 nitrogen and oxygen atoms in total. The van der Waals surface area contributed by atoms with E-state index in [1.54, 1.807) is 0 Å². The number of carbonyl (C=O) groups is 1. The van der Waals surface area contributed by atoms with Crippen LogP contribution in [0.15, 0.2) is 0 Å². The van der Waals surface area contributed by atoms with E-state index in [0.717, 1.165) is 0 Å². The zero-order valence-corrected chi connectivity index (χ0v) is 6.27. The third-order valence-electron chi connectivity index (χ3n) is 1.69. The summed E-state index contributed by atoms with van der Waals surface area (Å²) in [4.78, 5) is 10.3. The lowest BCUT2D eigenvalue weighted by Crippen LogP contribution is -2.16. The Morgan fingerprint density at radius 2 is 2.27 bits per heavy atom. The molecule has 0 N–H and O–H groups in total. The molecular formula is C7H10F2O2. The highest BCUT2D eigenvalue weighted by Crippen LogP contribution is 2.36. The molecule has 11 heavy (non-hydrogen) atoms. The molecule has 0 aromatic rings. The van der Waals surface area contributed by atoms with Crippen LogP contribution < -0.4 is 0 Å². The van der Waals surface area contributed by atoms with Gasteiger partial charge in [-0.05, 0) is 6.42 Å². The van der Waals surface area contributed by atoms with Crippen LogP contribution in [0.3, 0.4) is 0 Å². The Morgan fingerprint density at radius 3 is 2.64 bits per heavy atom. The third kappa shape index (κ3) is 2.44. The fourth-order valence-electron chi connectivity index (χ4n) is 1.24. The highest BCUT2D eigenvalue weighted by molar-refractivity contribution is 5.66. The third-order valence-corrected chi connectivity index (χ3v) is 1.69. The molecule has 0 aromatic heterocycles. The molecule has 0 bridgehead atoms. The van der Waals surface area contributed by atoms with Crippen molar-refractivity contribution in [2.45, 2.75) is 38.2 Å². The number of rotatable bonds is 1. The van der Waals surface area contributed by atoms with E-state index in [9.17, 15) is 13.6 Å². The highest BCUT2D eigenvalue weighted by atomic mass is 19.3. The van der Waals surface area contributed by atoms with Gasteiger partial charge in [-0.2, -0.15) is 0 Å². The van der Waals surface area contributed by atoms with Gasteiger partial charge in [0, 0.05) is 19.8 Å².